The highest BCUT2D eigenvalue weighted by Gasteiger charge is 2.19. The molecule has 0 saturated carbocycles. The van der Waals surface area contributed by atoms with Crippen molar-refractivity contribution in [2.45, 2.75) is 25.3 Å². The Balaban J connectivity index is 2.58. The Morgan fingerprint density at radius 3 is 2.77 bits per heavy atom. The molecule has 0 spiro atoms. The lowest BCUT2D eigenvalue weighted by Crippen LogP contribution is -2.19. The largest absolute Gasteiger partial charge is 0.397 e. The predicted octanol–water partition coefficient (Wildman–Crippen LogP) is 1.19. The van der Waals surface area contributed by atoms with Crippen LogP contribution in [0, 0.1) is 0 Å². The quantitative estimate of drug-likeness (QED) is 0.521. The van der Waals surface area contributed by atoms with Crippen molar-refractivity contribution in [1.82, 2.24) is 0 Å². The van der Waals surface area contributed by atoms with Gasteiger partial charge in [0, 0.05) is 6.04 Å². The van der Waals surface area contributed by atoms with Crippen molar-refractivity contribution in [2.24, 2.45) is 5.73 Å². The molecule has 3 heteroatoms. The van der Waals surface area contributed by atoms with Crippen LogP contribution in [0.15, 0.2) is 12.1 Å². The summed E-state index contributed by atoms with van der Waals surface area (Å²) in [7, 11) is 0. The number of nitrogen functional groups attached to an aromatic ring is 2. The highest BCUT2D eigenvalue weighted by atomic mass is 14.7. The van der Waals surface area contributed by atoms with E-state index in [4.69, 9.17) is 17.2 Å². The van der Waals surface area contributed by atoms with E-state index in [-0.39, 0.29) is 6.04 Å². The number of hydrogen-bond acceptors (Lipinski definition) is 3. The monoisotopic (exact) mass is 177 g/mol. The zero-order valence-electron chi connectivity index (χ0n) is 7.59. The smallest absolute Gasteiger partial charge is 0.0598 e. The standard InChI is InChI=1S/C10H15N3/c11-7-3-1-2-6-4-5-8(12)10(13)9(6)7/h4-5,7H,1-3,11-13H2/t7-/m1/s1. The van der Waals surface area contributed by atoms with Crippen LogP contribution in [0.2, 0.25) is 0 Å². The normalized spacial score (nSPS) is 21.2. The van der Waals surface area contributed by atoms with Gasteiger partial charge in [0.05, 0.1) is 11.4 Å². The van der Waals surface area contributed by atoms with Crippen molar-refractivity contribution in [3.8, 4) is 0 Å². The van der Waals surface area contributed by atoms with Crippen molar-refractivity contribution in [3.63, 3.8) is 0 Å². The maximum absolute atomic E-state index is 5.98. The topological polar surface area (TPSA) is 78.1 Å². The van der Waals surface area contributed by atoms with Crippen molar-refractivity contribution < 1.29 is 0 Å². The summed E-state index contributed by atoms with van der Waals surface area (Å²) in [6.07, 6.45) is 3.24. The molecule has 1 aliphatic carbocycles. The van der Waals surface area contributed by atoms with Crippen molar-refractivity contribution in [3.05, 3.63) is 23.3 Å². The third-order valence-corrected chi connectivity index (χ3v) is 2.74. The summed E-state index contributed by atoms with van der Waals surface area (Å²) in [4.78, 5) is 0. The molecule has 3 nitrogen and oxygen atoms in total. The molecule has 0 unspecified atom stereocenters. The van der Waals surface area contributed by atoms with Crippen LogP contribution in [0.1, 0.15) is 30.0 Å². The van der Waals surface area contributed by atoms with Gasteiger partial charge in [-0.15, -0.1) is 0 Å². The zero-order valence-corrected chi connectivity index (χ0v) is 7.59. The first-order valence-electron chi connectivity index (χ1n) is 4.62. The molecule has 6 N–H and O–H groups in total. The summed E-state index contributed by atoms with van der Waals surface area (Å²) in [5, 5.41) is 0. The van der Waals surface area contributed by atoms with E-state index in [1.807, 2.05) is 12.1 Å². The van der Waals surface area contributed by atoms with Gasteiger partial charge in [-0.1, -0.05) is 6.07 Å². The number of hydrogen-bond donors (Lipinski definition) is 3. The average molecular weight is 177 g/mol. The lowest BCUT2D eigenvalue weighted by Gasteiger charge is -2.24. The third kappa shape index (κ3) is 1.25. The molecule has 2 rings (SSSR count). The highest BCUT2D eigenvalue weighted by molar-refractivity contribution is 5.70. The van der Waals surface area contributed by atoms with E-state index in [0.717, 1.165) is 24.8 Å². The molecule has 1 atom stereocenters. The number of fused-ring (bicyclic) bond motifs is 1. The Morgan fingerprint density at radius 2 is 2.00 bits per heavy atom. The molecule has 0 aromatic heterocycles. The Morgan fingerprint density at radius 1 is 1.23 bits per heavy atom. The van der Waals surface area contributed by atoms with E-state index in [2.05, 4.69) is 0 Å². The second-order valence-corrected chi connectivity index (χ2v) is 3.64. The van der Waals surface area contributed by atoms with E-state index >= 15 is 0 Å². The highest BCUT2D eigenvalue weighted by Crippen LogP contribution is 2.35. The minimum atomic E-state index is 0.0762. The lowest BCUT2D eigenvalue weighted by atomic mass is 9.86. The zero-order chi connectivity index (χ0) is 9.42. The molecule has 13 heavy (non-hydrogen) atoms. The predicted molar refractivity (Wildman–Crippen MR) is 55.1 cm³/mol. The third-order valence-electron chi connectivity index (χ3n) is 2.74. The van der Waals surface area contributed by atoms with Gasteiger partial charge in [-0.05, 0) is 36.5 Å². The summed E-state index contributed by atoms with van der Waals surface area (Å²) in [5.41, 5.74) is 21.3. The Kier molecular flexibility index (Phi) is 1.88. The molecule has 0 fully saturated rings. The number of nitrogens with two attached hydrogens (primary N) is 3. The molecular weight excluding hydrogens is 162 g/mol. The fourth-order valence-corrected chi connectivity index (χ4v) is 2.01. The number of aryl methyl sites for hydroxylation is 1. The van der Waals surface area contributed by atoms with Crippen molar-refractivity contribution in [2.75, 3.05) is 11.5 Å². The first-order chi connectivity index (χ1) is 6.20. The molecule has 0 radical (unpaired) electrons. The van der Waals surface area contributed by atoms with Gasteiger partial charge in [-0.3, -0.25) is 0 Å². The molecule has 70 valence electrons. The van der Waals surface area contributed by atoms with Gasteiger partial charge in [0.15, 0.2) is 0 Å². The summed E-state index contributed by atoms with van der Waals surface area (Å²) in [5.74, 6) is 0. The Bertz CT molecular complexity index is 333. The molecular formula is C10H15N3. The molecule has 0 heterocycles. The summed E-state index contributed by atoms with van der Waals surface area (Å²) < 4.78 is 0. The van der Waals surface area contributed by atoms with Crippen LogP contribution >= 0.6 is 0 Å². The fraction of sp³-hybridized carbons (Fsp3) is 0.400. The van der Waals surface area contributed by atoms with Crippen LogP contribution in [0.25, 0.3) is 0 Å². The van der Waals surface area contributed by atoms with Crippen LogP contribution in [0.3, 0.4) is 0 Å². The maximum atomic E-state index is 5.98. The van der Waals surface area contributed by atoms with E-state index < -0.39 is 0 Å². The maximum Gasteiger partial charge on any atom is 0.0598 e. The van der Waals surface area contributed by atoms with E-state index in [0.29, 0.717) is 11.4 Å². The Hall–Kier alpha value is -1.22. The molecule has 1 aliphatic rings. The van der Waals surface area contributed by atoms with Gasteiger partial charge in [0.25, 0.3) is 0 Å². The molecule has 0 bridgehead atoms. The molecule has 1 aromatic carbocycles. The summed E-state index contributed by atoms with van der Waals surface area (Å²) in [6.45, 7) is 0. The Labute approximate surface area is 77.9 Å². The second kappa shape index (κ2) is 2.92. The van der Waals surface area contributed by atoms with Crippen molar-refractivity contribution >= 4 is 11.4 Å². The lowest BCUT2D eigenvalue weighted by molar-refractivity contribution is 0.572. The molecule has 0 amide bonds. The van der Waals surface area contributed by atoms with Gasteiger partial charge < -0.3 is 17.2 Å². The second-order valence-electron chi connectivity index (χ2n) is 3.64. The number of anilines is 2. The number of rotatable bonds is 0. The van der Waals surface area contributed by atoms with Crippen LogP contribution in [-0.2, 0) is 6.42 Å². The van der Waals surface area contributed by atoms with Gasteiger partial charge in [0.1, 0.15) is 0 Å². The van der Waals surface area contributed by atoms with E-state index in [1.165, 1.54) is 5.56 Å². The van der Waals surface area contributed by atoms with Gasteiger partial charge in [0.2, 0.25) is 0 Å². The van der Waals surface area contributed by atoms with Gasteiger partial charge in [-0.25, -0.2) is 0 Å². The minimum absolute atomic E-state index is 0.0762. The molecule has 0 aliphatic heterocycles. The van der Waals surface area contributed by atoms with Crippen LogP contribution in [0.5, 0.6) is 0 Å². The van der Waals surface area contributed by atoms with Crippen LogP contribution in [0.4, 0.5) is 11.4 Å². The molecule has 1 aromatic rings. The summed E-state index contributed by atoms with van der Waals surface area (Å²) >= 11 is 0. The first-order valence-corrected chi connectivity index (χ1v) is 4.62. The fourth-order valence-electron chi connectivity index (χ4n) is 2.01. The average Bonchev–Trinajstić information content (AvgIpc) is 2.12. The minimum Gasteiger partial charge on any atom is -0.397 e. The summed E-state index contributed by atoms with van der Waals surface area (Å²) in [6, 6.07) is 3.99. The SMILES string of the molecule is Nc1ccc2c(c1N)[C@H](N)CCC2. The van der Waals surface area contributed by atoms with E-state index in [9.17, 15) is 0 Å². The van der Waals surface area contributed by atoms with Gasteiger partial charge >= 0.3 is 0 Å². The first kappa shape index (κ1) is 8.38. The number of benzene rings is 1. The van der Waals surface area contributed by atoms with Crippen LogP contribution < -0.4 is 17.2 Å². The van der Waals surface area contributed by atoms with Gasteiger partial charge in [-0.2, -0.15) is 0 Å². The van der Waals surface area contributed by atoms with E-state index in [1.54, 1.807) is 0 Å². The van der Waals surface area contributed by atoms with Crippen LogP contribution in [-0.4, -0.2) is 0 Å². The molecule has 0 saturated heterocycles. The van der Waals surface area contributed by atoms with Crippen molar-refractivity contribution in [1.29, 1.82) is 0 Å².